The van der Waals surface area contributed by atoms with Gasteiger partial charge in [-0.2, -0.15) is 0 Å². The van der Waals surface area contributed by atoms with Crippen molar-refractivity contribution in [3.63, 3.8) is 0 Å². The minimum atomic E-state index is -0.298. The van der Waals surface area contributed by atoms with Gasteiger partial charge in [0.25, 0.3) is 0 Å². The van der Waals surface area contributed by atoms with E-state index in [9.17, 15) is 9.18 Å². The highest BCUT2D eigenvalue weighted by atomic mass is 19.1. The number of nitrogens with one attached hydrogen (secondary N) is 1. The van der Waals surface area contributed by atoms with E-state index in [-0.39, 0.29) is 18.0 Å². The van der Waals surface area contributed by atoms with Gasteiger partial charge in [-0.1, -0.05) is 12.1 Å². The van der Waals surface area contributed by atoms with Crippen LogP contribution >= 0.6 is 0 Å². The van der Waals surface area contributed by atoms with Gasteiger partial charge in [0.1, 0.15) is 17.6 Å². The Hall–Kier alpha value is -2.67. The minimum Gasteiger partial charge on any atom is -0.480 e. The zero-order valence-electron chi connectivity index (χ0n) is 13.2. The molecule has 0 saturated carbocycles. The van der Waals surface area contributed by atoms with Crippen LogP contribution in [0.3, 0.4) is 0 Å². The molecule has 7 heteroatoms. The molecule has 0 spiro atoms. The molecule has 0 bridgehead atoms. The number of anilines is 1. The molecule has 2 amide bonds. The summed E-state index contributed by atoms with van der Waals surface area (Å²) in [6, 6.07) is 9.31. The molecule has 1 atom stereocenters. The molecule has 24 heavy (non-hydrogen) atoms. The summed E-state index contributed by atoms with van der Waals surface area (Å²) in [5.41, 5.74) is 1.35. The Balaban J connectivity index is 1.68. The number of carbonyl (C=O) groups is 1. The Morgan fingerprint density at radius 3 is 2.92 bits per heavy atom. The number of halogens is 1. The molecule has 6 nitrogen and oxygen atoms in total. The van der Waals surface area contributed by atoms with E-state index >= 15 is 0 Å². The Kier molecular flexibility index (Phi) is 4.90. The molecule has 1 aliphatic rings. The summed E-state index contributed by atoms with van der Waals surface area (Å²) in [5.74, 6) is 0.0574. The lowest BCUT2D eigenvalue weighted by atomic mass is 10.1. The molecule has 0 unspecified atom stereocenters. The lowest BCUT2D eigenvalue weighted by molar-refractivity contribution is -0.0135. The van der Waals surface area contributed by atoms with Crippen LogP contribution in [0.2, 0.25) is 0 Å². The van der Waals surface area contributed by atoms with Gasteiger partial charge in [0, 0.05) is 12.7 Å². The number of amides is 2. The van der Waals surface area contributed by atoms with Gasteiger partial charge in [-0.25, -0.2) is 14.2 Å². The molecule has 1 saturated heterocycles. The number of aromatic nitrogens is 1. The Morgan fingerprint density at radius 2 is 2.17 bits per heavy atom. The largest absolute Gasteiger partial charge is 0.480 e. The van der Waals surface area contributed by atoms with Crippen molar-refractivity contribution >= 4 is 11.7 Å². The second-order valence-electron chi connectivity index (χ2n) is 5.35. The fraction of sp³-hybridized carbons (Fsp3) is 0.294. The summed E-state index contributed by atoms with van der Waals surface area (Å²) in [6.45, 7) is 1.28. The molecule has 2 heterocycles. The van der Waals surface area contributed by atoms with Gasteiger partial charge in [-0.15, -0.1) is 0 Å². The van der Waals surface area contributed by atoms with E-state index in [1.54, 1.807) is 35.4 Å². The van der Waals surface area contributed by atoms with E-state index in [0.29, 0.717) is 31.3 Å². The number of rotatable bonds is 3. The van der Waals surface area contributed by atoms with Crippen molar-refractivity contribution in [3.05, 3.63) is 54.0 Å². The molecule has 3 rings (SSSR count). The Morgan fingerprint density at radius 1 is 1.38 bits per heavy atom. The molecule has 1 aromatic heterocycles. The van der Waals surface area contributed by atoms with Crippen molar-refractivity contribution < 1.29 is 18.7 Å². The van der Waals surface area contributed by atoms with Crippen molar-refractivity contribution in [1.82, 2.24) is 9.88 Å². The number of hydrogen-bond acceptors (Lipinski definition) is 4. The van der Waals surface area contributed by atoms with Crippen molar-refractivity contribution in [3.8, 4) is 5.88 Å². The van der Waals surface area contributed by atoms with Crippen LogP contribution in [0.1, 0.15) is 11.7 Å². The topological polar surface area (TPSA) is 63.7 Å². The van der Waals surface area contributed by atoms with Crippen LogP contribution in [0.4, 0.5) is 14.9 Å². The van der Waals surface area contributed by atoms with Crippen molar-refractivity contribution in [2.45, 2.75) is 6.10 Å². The fourth-order valence-corrected chi connectivity index (χ4v) is 2.56. The van der Waals surface area contributed by atoms with E-state index in [2.05, 4.69) is 10.3 Å². The molecular weight excluding hydrogens is 313 g/mol. The number of urea groups is 1. The summed E-state index contributed by atoms with van der Waals surface area (Å²) in [7, 11) is 1.50. The molecular formula is C17H18FN3O3. The first-order chi connectivity index (χ1) is 11.7. The first-order valence-electron chi connectivity index (χ1n) is 7.59. The number of benzene rings is 1. The molecule has 1 aliphatic heterocycles. The maximum absolute atomic E-state index is 13.0. The van der Waals surface area contributed by atoms with E-state index in [1.165, 1.54) is 19.2 Å². The third-order valence-corrected chi connectivity index (χ3v) is 3.80. The number of nitrogens with zero attached hydrogens (tertiary/aromatic N) is 2. The average molecular weight is 331 g/mol. The summed E-state index contributed by atoms with van der Waals surface area (Å²) in [4.78, 5) is 18.2. The summed E-state index contributed by atoms with van der Waals surface area (Å²) in [5, 5.41) is 2.80. The zero-order chi connectivity index (χ0) is 16.9. The number of carbonyl (C=O) groups excluding carboxylic acids is 1. The van der Waals surface area contributed by atoms with Gasteiger partial charge in [0.15, 0.2) is 0 Å². The summed E-state index contributed by atoms with van der Waals surface area (Å²) >= 11 is 0. The smallest absolute Gasteiger partial charge is 0.322 e. The van der Waals surface area contributed by atoms with Crippen molar-refractivity contribution in [2.24, 2.45) is 0 Å². The fourth-order valence-electron chi connectivity index (χ4n) is 2.56. The molecule has 1 fully saturated rings. The van der Waals surface area contributed by atoms with Gasteiger partial charge < -0.3 is 19.7 Å². The van der Waals surface area contributed by atoms with Gasteiger partial charge in [-0.05, 0) is 29.8 Å². The number of ether oxygens (including phenoxy) is 2. The predicted molar refractivity (Wildman–Crippen MR) is 86.5 cm³/mol. The first-order valence-corrected chi connectivity index (χ1v) is 7.59. The normalized spacial score (nSPS) is 17.4. The van der Waals surface area contributed by atoms with Gasteiger partial charge in [0.05, 0.1) is 20.3 Å². The number of morpholine rings is 1. The van der Waals surface area contributed by atoms with E-state index in [1.807, 2.05) is 0 Å². The lowest BCUT2D eigenvalue weighted by Crippen LogP contribution is -2.44. The highest BCUT2D eigenvalue weighted by Crippen LogP contribution is 2.24. The van der Waals surface area contributed by atoms with Crippen LogP contribution in [0, 0.1) is 5.82 Å². The molecule has 1 N–H and O–H groups in total. The maximum atomic E-state index is 13.0. The SMILES string of the molecule is COc1ncccc1NC(=O)N1CCO[C@@H](c2ccc(F)cc2)C1. The number of hydrogen-bond donors (Lipinski definition) is 1. The van der Waals surface area contributed by atoms with Gasteiger partial charge in [0.2, 0.25) is 5.88 Å². The van der Waals surface area contributed by atoms with Crippen LogP contribution in [-0.4, -0.2) is 42.7 Å². The summed E-state index contributed by atoms with van der Waals surface area (Å²) in [6.07, 6.45) is 1.31. The van der Waals surface area contributed by atoms with Gasteiger partial charge >= 0.3 is 6.03 Å². The second-order valence-corrected chi connectivity index (χ2v) is 5.35. The van der Waals surface area contributed by atoms with E-state index < -0.39 is 0 Å². The second kappa shape index (κ2) is 7.27. The van der Waals surface area contributed by atoms with Crippen molar-refractivity contribution in [2.75, 3.05) is 32.1 Å². The molecule has 1 aromatic carbocycles. The van der Waals surface area contributed by atoms with Crippen LogP contribution in [0.25, 0.3) is 0 Å². The molecule has 0 radical (unpaired) electrons. The Labute approximate surface area is 139 Å². The van der Waals surface area contributed by atoms with E-state index in [0.717, 1.165) is 5.56 Å². The quantitative estimate of drug-likeness (QED) is 0.939. The van der Waals surface area contributed by atoms with Crippen LogP contribution in [0.5, 0.6) is 5.88 Å². The predicted octanol–water partition coefficient (Wildman–Crippen LogP) is 2.83. The molecule has 0 aliphatic carbocycles. The van der Waals surface area contributed by atoms with Crippen LogP contribution < -0.4 is 10.1 Å². The third-order valence-electron chi connectivity index (χ3n) is 3.80. The molecule has 126 valence electrons. The Bertz CT molecular complexity index is 708. The van der Waals surface area contributed by atoms with Crippen LogP contribution in [0.15, 0.2) is 42.6 Å². The first kappa shape index (κ1) is 16.2. The zero-order valence-corrected chi connectivity index (χ0v) is 13.2. The van der Waals surface area contributed by atoms with Crippen LogP contribution in [-0.2, 0) is 4.74 Å². The van der Waals surface area contributed by atoms with Crippen molar-refractivity contribution in [1.29, 1.82) is 0 Å². The highest BCUT2D eigenvalue weighted by molar-refractivity contribution is 5.90. The standard InChI is InChI=1S/C17H18FN3O3/c1-23-16-14(3-2-8-19-16)20-17(22)21-9-10-24-15(11-21)12-4-6-13(18)7-5-12/h2-8,15H,9-11H2,1H3,(H,20,22)/t15-/m1/s1. The van der Waals surface area contributed by atoms with Gasteiger partial charge in [-0.3, -0.25) is 0 Å². The average Bonchev–Trinajstić information content (AvgIpc) is 2.63. The highest BCUT2D eigenvalue weighted by Gasteiger charge is 2.26. The minimum absolute atomic E-state index is 0.253. The van der Waals surface area contributed by atoms with E-state index in [4.69, 9.17) is 9.47 Å². The maximum Gasteiger partial charge on any atom is 0.322 e. The summed E-state index contributed by atoms with van der Waals surface area (Å²) < 4.78 is 23.9. The molecule has 2 aromatic rings. The monoisotopic (exact) mass is 331 g/mol. The number of methoxy groups -OCH3 is 1. The third kappa shape index (κ3) is 3.62. The number of pyridine rings is 1. The lowest BCUT2D eigenvalue weighted by Gasteiger charge is -2.33.